The molecule has 0 aliphatic carbocycles. The highest BCUT2D eigenvalue weighted by molar-refractivity contribution is 6.07. The lowest BCUT2D eigenvalue weighted by Gasteiger charge is -2.22. The molecule has 1 atom stereocenters. The van der Waals surface area contributed by atoms with E-state index in [4.69, 9.17) is 4.74 Å². The zero-order valence-corrected chi connectivity index (χ0v) is 15.2. The number of amides is 3. The monoisotopic (exact) mass is 393 g/mol. The van der Waals surface area contributed by atoms with Crippen molar-refractivity contribution in [1.29, 1.82) is 0 Å². The number of nitrogens with one attached hydrogen (secondary N) is 1. The molecule has 1 aliphatic rings. The van der Waals surface area contributed by atoms with Crippen LogP contribution < -0.4 is 10.1 Å². The first-order chi connectivity index (χ1) is 13.1. The van der Waals surface area contributed by atoms with Crippen molar-refractivity contribution >= 4 is 11.9 Å². The lowest BCUT2D eigenvalue weighted by molar-refractivity contribution is -0.137. The molecule has 1 aromatic carbocycles. The van der Waals surface area contributed by atoms with Gasteiger partial charge in [-0.25, -0.2) is 9.78 Å². The van der Waals surface area contributed by atoms with E-state index in [-0.39, 0.29) is 12.1 Å². The second kappa shape index (κ2) is 7.14. The van der Waals surface area contributed by atoms with Crippen LogP contribution in [0.2, 0.25) is 0 Å². The smallest absolute Gasteiger partial charge is 0.416 e. The lowest BCUT2D eigenvalue weighted by atomic mass is 9.91. The summed E-state index contributed by atoms with van der Waals surface area (Å²) in [6.45, 7) is 3.74. The van der Waals surface area contributed by atoms with E-state index in [2.05, 4.69) is 10.3 Å². The second-order valence-electron chi connectivity index (χ2n) is 6.46. The summed E-state index contributed by atoms with van der Waals surface area (Å²) in [5, 5.41) is 2.57. The number of nitrogens with zero attached hydrogens (tertiary/aromatic N) is 2. The molecule has 1 unspecified atom stereocenters. The number of aromatic nitrogens is 1. The molecule has 3 rings (SSSR count). The predicted octanol–water partition coefficient (Wildman–Crippen LogP) is 3.47. The van der Waals surface area contributed by atoms with Crippen LogP contribution in [0.1, 0.15) is 30.5 Å². The van der Waals surface area contributed by atoms with Crippen LogP contribution in [0.15, 0.2) is 42.6 Å². The molecule has 0 saturated carbocycles. The Morgan fingerprint density at radius 1 is 1.14 bits per heavy atom. The molecule has 6 nitrogen and oxygen atoms in total. The molecule has 1 aromatic heterocycles. The molecule has 0 radical (unpaired) electrons. The predicted molar refractivity (Wildman–Crippen MR) is 93.3 cm³/mol. The minimum absolute atomic E-state index is 0.0136. The molecule has 1 fully saturated rings. The van der Waals surface area contributed by atoms with E-state index in [0.29, 0.717) is 18.1 Å². The van der Waals surface area contributed by atoms with E-state index in [1.807, 2.05) is 6.92 Å². The summed E-state index contributed by atoms with van der Waals surface area (Å²) in [5.74, 6) is -0.121. The van der Waals surface area contributed by atoms with E-state index >= 15 is 0 Å². The van der Waals surface area contributed by atoms with Crippen LogP contribution >= 0.6 is 0 Å². The fraction of sp³-hybridized carbons (Fsp3) is 0.316. The number of alkyl halides is 3. The minimum Gasteiger partial charge on any atom is -0.478 e. The third-order valence-electron chi connectivity index (χ3n) is 4.50. The summed E-state index contributed by atoms with van der Waals surface area (Å²) in [6, 6.07) is 6.86. The Morgan fingerprint density at radius 3 is 2.36 bits per heavy atom. The number of benzene rings is 1. The molecule has 0 spiro atoms. The summed E-state index contributed by atoms with van der Waals surface area (Å²) >= 11 is 0. The van der Waals surface area contributed by atoms with Crippen molar-refractivity contribution in [1.82, 2.24) is 15.2 Å². The zero-order chi connectivity index (χ0) is 20.5. The number of pyridine rings is 1. The van der Waals surface area contributed by atoms with Crippen molar-refractivity contribution in [2.75, 3.05) is 6.61 Å². The third-order valence-corrected chi connectivity index (χ3v) is 4.50. The maximum absolute atomic E-state index is 12.9. The first kappa shape index (κ1) is 19.7. The second-order valence-corrected chi connectivity index (χ2v) is 6.46. The van der Waals surface area contributed by atoms with Crippen LogP contribution in [0.3, 0.4) is 0 Å². The topological polar surface area (TPSA) is 71.5 Å². The van der Waals surface area contributed by atoms with E-state index in [1.165, 1.54) is 25.3 Å². The maximum atomic E-state index is 12.9. The van der Waals surface area contributed by atoms with Crippen LogP contribution in [0.25, 0.3) is 0 Å². The quantitative estimate of drug-likeness (QED) is 0.790. The Bertz CT molecular complexity index is 882. The van der Waals surface area contributed by atoms with Crippen molar-refractivity contribution in [3.05, 3.63) is 59.3 Å². The van der Waals surface area contributed by atoms with Gasteiger partial charge in [0.25, 0.3) is 5.91 Å². The summed E-state index contributed by atoms with van der Waals surface area (Å²) < 4.78 is 43.5. The van der Waals surface area contributed by atoms with Gasteiger partial charge in [-0.15, -0.1) is 0 Å². The van der Waals surface area contributed by atoms with Crippen LogP contribution in [0.4, 0.5) is 18.0 Å². The Balaban J connectivity index is 1.80. The number of carbonyl (C=O) groups excluding carboxylic acids is 2. The van der Waals surface area contributed by atoms with Crippen molar-refractivity contribution in [2.24, 2.45) is 0 Å². The van der Waals surface area contributed by atoms with Gasteiger partial charge in [0.05, 0.1) is 18.7 Å². The van der Waals surface area contributed by atoms with Crippen molar-refractivity contribution in [3.63, 3.8) is 0 Å². The molecule has 3 amide bonds. The number of ether oxygens (including phenoxy) is 1. The van der Waals surface area contributed by atoms with Gasteiger partial charge in [0.2, 0.25) is 5.88 Å². The fourth-order valence-corrected chi connectivity index (χ4v) is 2.95. The van der Waals surface area contributed by atoms with Gasteiger partial charge in [-0.05, 0) is 37.1 Å². The maximum Gasteiger partial charge on any atom is 0.416 e. The van der Waals surface area contributed by atoms with Crippen LogP contribution in [-0.2, 0) is 23.1 Å². The molecule has 9 heteroatoms. The van der Waals surface area contributed by atoms with Crippen LogP contribution in [0, 0.1) is 0 Å². The van der Waals surface area contributed by atoms with Crippen molar-refractivity contribution < 1.29 is 27.5 Å². The Hall–Kier alpha value is -3.10. The molecule has 2 aromatic rings. The van der Waals surface area contributed by atoms with Gasteiger partial charge in [-0.3, -0.25) is 9.69 Å². The van der Waals surface area contributed by atoms with E-state index in [1.54, 1.807) is 12.1 Å². The number of hydrogen-bond acceptors (Lipinski definition) is 4. The Morgan fingerprint density at radius 2 is 1.82 bits per heavy atom. The highest BCUT2D eigenvalue weighted by Crippen LogP contribution is 2.33. The van der Waals surface area contributed by atoms with E-state index in [0.717, 1.165) is 17.0 Å². The minimum atomic E-state index is -4.48. The largest absolute Gasteiger partial charge is 0.478 e. The third kappa shape index (κ3) is 3.64. The number of halogens is 3. The first-order valence-electron chi connectivity index (χ1n) is 8.54. The van der Waals surface area contributed by atoms with Gasteiger partial charge in [0, 0.05) is 12.3 Å². The molecule has 1 N–H and O–H groups in total. The van der Waals surface area contributed by atoms with Crippen LogP contribution in [-0.4, -0.2) is 28.4 Å². The highest BCUT2D eigenvalue weighted by Gasteiger charge is 2.49. The summed E-state index contributed by atoms with van der Waals surface area (Å²) in [5.41, 5.74) is -1.39. The fourth-order valence-electron chi connectivity index (χ4n) is 2.95. The van der Waals surface area contributed by atoms with E-state index < -0.39 is 29.2 Å². The molecule has 1 saturated heterocycles. The summed E-state index contributed by atoms with van der Waals surface area (Å²) in [6.07, 6.45) is -2.98. The average molecular weight is 393 g/mol. The molecule has 148 valence electrons. The molecule has 2 heterocycles. The number of rotatable bonds is 5. The number of carbonyl (C=O) groups is 2. The zero-order valence-electron chi connectivity index (χ0n) is 15.2. The van der Waals surface area contributed by atoms with Crippen molar-refractivity contribution in [3.8, 4) is 5.88 Å². The SMILES string of the molecule is CCOc1ccc(CN2C(=O)NC(C)(c3ccc(C(F)(F)F)cc3)C2=O)cn1. The Labute approximate surface area is 159 Å². The molecule has 0 bridgehead atoms. The van der Waals surface area contributed by atoms with E-state index in [9.17, 15) is 22.8 Å². The first-order valence-corrected chi connectivity index (χ1v) is 8.54. The van der Waals surface area contributed by atoms with Gasteiger partial charge in [-0.2, -0.15) is 13.2 Å². The van der Waals surface area contributed by atoms with Gasteiger partial charge in [0.1, 0.15) is 5.54 Å². The number of urea groups is 1. The van der Waals surface area contributed by atoms with Crippen LogP contribution in [0.5, 0.6) is 5.88 Å². The van der Waals surface area contributed by atoms with Crippen molar-refractivity contribution in [2.45, 2.75) is 32.1 Å². The van der Waals surface area contributed by atoms with Gasteiger partial charge >= 0.3 is 12.2 Å². The normalized spacial score (nSPS) is 19.7. The molecule has 1 aliphatic heterocycles. The summed E-state index contributed by atoms with van der Waals surface area (Å²) in [7, 11) is 0. The average Bonchev–Trinajstić information content (AvgIpc) is 2.87. The Kier molecular flexibility index (Phi) is 5.01. The summed E-state index contributed by atoms with van der Waals surface area (Å²) in [4.78, 5) is 30.3. The molecular formula is C19H18F3N3O3. The molecule has 28 heavy (non-hydrogen) atoms. The number of hydrogen-bond donors (Lipinski definition) is 1. The van der Waals surface area contributed by atoms with Gasteiger partial charge in [0.15, 0.2) is 0 Å². The molecular weight excluding hydrogens is 375 g/mol. The van der Waals surface area contributed by atoms with Gasteiger partial charge < -0.3 is 10.1 Å². The number of imide groups is 1. The lowest BCUT2D eigenvalue weighted by Crippen LogP contribution is -2.40. The van der Waals surface area contributed by atoms with Gasteiger partial charge in [-0.1, -0.05) is 18.2 Å². The standard InChI is InChI=1S/C19H18F3N3O3/c1-3-28-15-9-4-12(10-23-15)11-25-16(26)18(2,24-17(25)27)13-5-7-14(8-6-13)19(20,21)22/h4-10H,3,11H2,1-2H3,(H,24,27). The highest BCUT2D eigenvalue weighted by atomic mass is 19.4.